The summed E-state index contributed by atoms with van der Waals surface area (Å²) in [5.74, 6) is 0. The van der Waals surface area contributed by atoms with Gasteiger partial charge in [-0.05, 0) is 39.8 Å². The Hall–Kier alpha value is -2.98. The number of aromatic nitrogens is 1. The third kappa shape index (κ3) is 25.3. The van der Waals surface area contributed by atoms with Gasteiger partial charge < -0.3 is 20.8 Å². The van der Waals surface area contributed by atoms with Crippen LogP contribution in [-0.4, -0.2) is 48.7 Å². The van der Waals surface area contributed by atoms with Gasteiger partial charge in [0.1, 0.15) is 22.8 Å². The van der Waals surface area contributed by atoms with Gasteiger partial charge in [-0.15, -0.1) is 6.92 Å². The summed E-state index contributed by atoms with van der Waals surface area (Å²) in [5, 5.41) is 43.3. The summed E-state index contributed by atoms with van der Waals surface area (Å²) >= 11 is 0. The van der Waals surface area contributed by atoms with E-state index >= 15 is 0 Å². The molecule has 159 valence electrons. The molecule has 0 fully saturated rings. The number of hydrogen-bond donors (Lipinski definition) is 4. The maximum absolute atomic E-state index is 8.03. The molecule has 0 atom stereocenters. The van der Waals surface area contributed by atoms with E-state index in [1.807, 2.05) is 25.1 Å². The van der Waals surface area contributed by atoms with Gasteiger partial charge in [-0.2, -0.15) is 6.58 Å². The molecule has 0 unspecified atom stereocenters. The van der Waals surface area contributed by atoms with E-state index < -0.39 is 0 Å². The average molecular weight is 437 g/mol. The van der Waals surface area contributed by atoms with Gasteiger partial charge in [0.2, 0.25) is 0 Å². The van der Waals surface area contributed by atoms with Crippen molar-refractivity contribution in [2.45, 2.75) is 34.6 Å². The van der Waals surface area contributed by atoms with Crippen LogP contribution in [0.5, 0.6) is 0 Å². The van der Waals surface area contributed by atoms with Crippen molar-refractivity contribution < 1.29 is 37.6 Å². The first-order chi connectivity index (χ1) is 12.7. The molecule has 0 bridgehead atoms. The molecular weight excluding hydrogens is 409 g/mol. The largest absolute Gasteiger partial charge is 0.411 e. The van der Waals surface area contributed by atoms with Crippen LogP contribution >= 0.6 is 0 Å². The molecule has 9 nitrogen and oxygen atoms in total. The minimum atomic E-state index is 0. The van der Waals surface area contributed by atoms with E-state index in [9.17, 15) is 0 Å². The maximum Gasteiger partial charge on any atom is 0.101 e. The molecule has 0 aliphatic rings. The van der Waals surface area contributed by atoms with Crippen LogP contribution in [-0.2, 0) is 16.8 Å². The molecule has 1 aromatic heterocycles. The normalized spacial score (nSPS) is 11.0. The van der Waals surface area contributed by atoms with Crippen LogP contribution in [0.25, 0.3) is 0 Å². The molecule has 1 aromatic rings. The van der Waals surface area contributed by atoms with Crippen molar-refractivity contribution in [3.05, 3.63) is 55.4 Å². The van der Waals surface area contributed by atoms with Crippen molar-refractivity contribution in [1.82, 2.24) is 4.98 Å². The predicted molar refractivity (Wildman–Crippen MR) is 108 cm³/mol. The van der Waals surface area contributed by atoms with Gasteiger partial charge in [-0.25, -0.2) is 11.6 Å². The first-order valence-corrected chi connectivity index (χ1v) is 7.52. The fraction of sp³-hybridized carbons (Fsp3) is 0.278. The van der Waals surface area contributed by atoms with Gasteiger partial charge in [0.05, 0.1) is 0 Å². The number of pyridine rings is 1. The van der Waals surface area contributed by atoms with E-state index in [4.69, 9.17) is 27.4 Å². The van der Waals surface area contributed by atoms with Crippen molar-refractivity contribution in [1.29, 1.82) is 0 Å². The number of oxime groups is 4. The van der Waals surface area contributed by atoms with E-state index in [0.29, 0.717) is 22.8 Å². The van der Waals surface area contributed by atoms with Crippen LogP contribution in [0.15, 0.2) is 69.4 Å². The Balaban J connectivity index is -0.000000138. The SMILES string of the molecule is CC(=N\O)/C(C)=N/O.CC(=N\O)/C(C)=N/O.[CH-]=CC(=C)C.[Co].c1ccncc1. The number of rotatable bonds is 3. The van der Waals surface area contributed by atoms with Crippen LogP contribution in [0.2, 0.25) is 0 Å². The second kappa shape index (κ2) is 24.0. The molecule has 1 heterocycles. The molecular formula is C18H28CoN5O4-. The minimum Gasteiger partial charge on any atom is -0.411 e. The fourth-order valence-electron chi connectivity index (χ4n) is 0.602. The number of nitrogens with zero attached hydrogens (tertiary/aromatic N) is 5. The Morgan fingerprint density at radius 3 is 1.07 bits per heavy atom. The van der Waals surface area contributed by atoms with Gasteiger partial charge in [0, 0.05) is 29.2 Å². The second-order valence-corrected chi connectivity index (χ2v) is 4.78. The Morgan fingerprint density at radius 1 is 0.750 bits per heavy atom. The molecule has 0 aromatic carbocycles. The Kier molecular flexibility index (Phi) is 28.0. The van der Waals surface area contributed by atoms with Gasteiger partial charge >= 0.3 is 0 Å². The molecule has 1 rings (SSSR count). The van der Waals surface area contributed by atoms with Crippen molar-refractivity contribution in [3.8, 4) is 0 Å². The van der Waals surface area contributed by atoms with E-state index in [1.54, 1.807) is 12.4 Å². The molecule has 0 aliphatic carbocycles. The van der Waals surface area contributed by atoms with E-state index in [0.717, 1.165) is 5.57 Å². The standard InChI is InChI=1S/C5H5N.C5H7.2C4H8N2O2.Co/c1-2-4-6-5-3-1;1-4-5(2)3;2*1-3(5-7)4(2)6-8;/h1-5H;1,4H,2H2,3H3;2*7-8H,1-2H3;/q;-1;;;/b;;2*5-3+,6-4+;. The zero-order valence-electron chi connectivity index (χ0n) is 16.6. The topological polar surface area (TPSA) is 143 Å². The quantitative estimate of drug-likeness (QED) is 0.186. The minimum absolute atomic E-state index is 0. The zero-order chi connectivity index (χ0) is 21.7. The fourth-order valence-corrected chi connectivity index (χ4v) is 0.602. The Morgan fingerprint density at radius 2 is 1.00 bits per heavy atom. The molecule has 0 amide bonds. The molecule has 0 spiro atoms. The van der Waals surface area contributed by atoms with Crippen LogP contribution in [0.4, 0.5) is 0 Å². The van der Waals surface area contributed by atoms with Crippen LogP contribution < -0.4 is 0 Å². The summed E-state index contributed by atoms with van der Waals surface area (Å²) in [7, 11) is 0. The summed E-state index contributed by atoms with van der Waals surface area (Å²) in [4.78, 5) is 3.78. The molecule has 1 radical (unpaired) electrons. The summed E-state index contributed by atoms with van der Waals surface area (Å²) < 4.78 is 0. The average Bonchev–Trinajstić information content (AvgIpc) is 2.73. The van der Waals surface area contributed by atoms with Gasteiger partial charge in [-0.1, -0.05) is 26.7 Å². The van der Waals surface area contributed by atoms with Gasteiger partial charge in [-0.3, -0.25) is 11.6 Å². The van der Waals surface area contributed by atoms with E-state index in [-0.39, 0.29) is 16.8 Å². The monoisotopic (exact) mass is 437 g/mol. The summed E-state index contributed by atoms with van der Waals surface area (Å²) in [5.41, 5.74) is 2.16. The molecule has 10 heteroatoms. The molecule has 0 aliphatic heterocycles. The number of allylic oxidation sites excluding steroid dienone is 2. The van der Waals surface area contributed by atoms with Crippen molar-refractivity contribution >= 4 is 22.8 Å². The van der Waals surface area contributed by atoms with Crippen molar-refractivity contribution in [2.24, 2.45) is 20.6 Å². The molecule has 0 saturated carbocycles. The van der Waals surface area contributed by atoms with Gasteiger partial charge in [0.25, 0.3) is 0 Å². The van der Waals surface area contributed by atoms with E-state index in [1.165, 1.54) is 33.8 Å². The third-order valence-corrected chi connectivity index (χ3v) is 2.50. The number of hydrogen-bond acceptors (Lipinski definition) is 9. The predicted octanol–water partition coefficient (Wildman–Crippen LogP) is 4.00. The van der Waals surface area contributed by atoms with Crippen LogP contribution in [0.3, 0.4) is 0 Å². The summed E-state index contributed by atoms with van der Waals surface area (Å²) in [6, 6.07) is 5.72. The summed E-state index contributed by atoms with van der Waals surface area (Å²) in [6.07, 6.45) is 4.97. The summed E-state index contributed by atoms with van der Waals surface area (Å²) in [6.45, 7) is 16.4. The maximum atomic E-state index is 8.03. The first-order valence-electron chi connectivity index (χ1n) is 7.52. The van der Waals surface area contributed by atoms with E-state index in [2.05, 4.69) is 32.2 Å². The third-order valence-electron chi connectivity index (χ3n) is 2.50. The van der Waals surface area contributed by atoms with Crippen molar-refractivity contribution in [3.63, 3.8) is 0 Å². The molecule has 28 heavy (non-hydrogen) atoms. The Labute approximate surface area is 176 Å². The van der Waals surface area contributed by atoms with Crippen LogP contribution in [0.1, 0.15) is 34.6 Å². The van der Waals surface area contributed by atoms with Crippen LogP contribution in [0, 0.1) is 6.58 Å². The first kappa shape index (κ1) is 32.7. The van der Waals surface area contributed by atoms with Gasteiger partial charge in [0.15, 0.2) is 0 Å². The smallest absolute Gasteiger partial charge is 0.101 e. The second-order valence-electron chi connectivity index (χ2n) is 4.78. The van der Waals surface area contributed by atoms with Crippen molar-refractivity contribution in [2.75, 3.05) is 0 Å². The molecule has 4 N–H and O–H groups in total. The molecule has 0 saturated heterocycles. The Bertz CT molecular complexity index is 554. The zero-order valence-corrected chi connectivity index (χ0v) is 17.6.